The maximum Gasteiger partial charge on any atom is 0.0849 e. The van der Waals surface area contributed by atoms with Crippen molar-refractivity contribution < 1.29 is 5.11 Å². The molecule has 1 nitrogen and oxygen atoms in total. The Balaban J connectivity index is 1.73. The van der Waals surface area contributed by atoms with Crippen LogP contribution in [-0.4, -0.2) is 5.11 Å². The Morgan fingerprint density at radius 2 is 1.75 bits per heavy atom. The lowest BCUT2D eigenvalue weighted by atomic mass is 9.43. The molecule has 0 aromatic heterocycles. The van der Waals surface area contributed by atoms with Gasteiger partial charge in [-0.2, -0.15) is 0 Å². The molecule has 4 aliphatic rings. The topological polar surface area (TPSA) is 20.2 Å². The lowest BCUT2D eigenvalue weighted by Gasteiger charge is -2.62. The van der Waals surface area contributed by atoms with Crippen LogP contribution in [0.2, 0.25) is 0 Å². The van der Waals surface area contributed by atoms with Gasteiger partial charge in [-0.05, 0) is 73.8 Å². The first-order chi connectivity index (χ1) is 9.50. The fraction of sp³-hybridized carbons (Fsp3) is 0.684. The molecule has 1 heteroatoms. The molecule has 0 spiro atoms. The molecule has 0 heterocycles. The van der Waals surface area contributed by atoms with Crippen molar-refractivity contribution in [3.05, 3.63) is 35.4 Å². The molecule has 4 fully saturated rings. The molecule has 1 aromatic carbocycles. The van der Waals surface area contributed by atoms with Gasteiger partial charge in [0, 0.05) is 5.41 Å². The average molecular weight is 270 g/mol. The van der Waals surface area contributed by atoms with E-state index in [4.69, 9.17) is 0 Å². The molecule has 3 atom stereocenters. The highest BCUT2D eigenvalue weighted by Gasteiger charge is 2.58. The standard InChI is InChI=1S/C19H26O/c1-13-5-3-4-6-16(13)17(20)19-10-14-7-15(11-19)9-18(2,8-14)12-19/h3-6,14-15,17,20H,7-12H2,1-2H3. The number of aliphatic hydroxyl groups is 1. The van der Waals surface area contributed by atoms with Gasteiger partial charge in [0.25, 0.3) is 0 Å². The molecule has 20 heavy (non-hydrogen) atoms. The molecule has 1 aromatic rings. The second kappa shape index (κ2) is 4.10. The van der Waals surface area contributed by atoms with Crippen LogP contribution in [0.4, 0.5) is 0 Å². The smallest absolute Gasteiger partial charge is 0.0849 e. The third-order valence-electron chi connectivity index (χ3n) is 6.46. The molecule has 108 valence electrons. The highest BCUT2D eigenvalue weighted by Crippen LogP contribution is 2.68. The minimum Gasteiger partial charge on any atom is -0.388 e. The molecule has 0 aliphatic heterocycles. The number of benzene rings is 1. The van der Waals surface area contributed by atoms with E-state index in [9.17, 15) is 5.11 Å². The van der Waals surface area contributed by atoms with Crippen molar-refractivity contribution in [2.24, 2.45) is 22.7 Å². The van der Waals surface area contributed by atoms with E-state index in [0.29, 0.717) is 5.41 Å². The van der Waals surface area contributed by atoms with Gasteiger partial charge < -0.3 is 5.11 Å². The van der Waals surface area contributed by atoms with Gasteiger partial charge in [-0.15, -0.1) is 0 Å². The molecule has 4 bridgehead atoms. The summed E-state index contributed by atoms with van der Waals surface area (Å²) in [5, 5.41) is 11.2. The van der Waals surface area contributed by atoms with Crippen molar-refractivity contribution in [2.75, 3.05) is 0 Å². The van der Waals surface area contributed by atoms with E-state index in [0.717, 1.165) is 11.8 Å². The minimum absolute atomic E-state index is 0.172. The van der Waals surface area contributed by atoms with E-state index in [-0.39, 0.29) is 11.5 Å². The Bertz CT molecular complexity index is 518. The Labute approximate surface area is 122 Å². The SMILES string of the molecule is Cc1ccccc1C(O)C12CC3CC(CC(C)(C3)C1)C2. The average Bonchev–Trinajstić information content (AvgIpc) is 2.35. The summed E-state index contributed by atoms with van der Waals surface area (Å²) < 4.78 is 0. The Hall–Kier alpha value is -0.820. The molecule has 0 saturated heterocycles. The molecular formula is C19H26O. The van der Waals surface area contributed by atoms with Crippen molar-refractivity contribution in [2.45, 2.75) is 58.5 Å². The van der Waals surface area contributed by atoms with Gasteiger partial charge >= 0.3 is 0 Å². The predicted octanol–water partition coefficient (Wildman–Crippen LogP) is 4.63. The van der Waals surface area contributed by atoms with Gasteiger partial charge in [0.1, 0.15) is 0 Å². The minimum atomic E-state index is -0.256. The third-order valence-corrected chi connectivity index (χ3v) is 6.46. The summed E-state index contributed by atoms with van der Waals surface area (Å²) in [6.45, 7) is 4.62. The summed E-state index contributed by atoms with van der Waals surface area (Å²) in [5.41, 5.74) is 3.11. The Morgan fingerprint density at radius 3 is 2.35 bits per heavy atom. The van der Waals surface area contributed by atoms with E-state index < -0.39 is 0 Å². The van der Waals surface area contributed by atoms with Crippen LogP contribution in [0.3, 0.4) is 0 Å². The normalized spacial score (nSPS) is 43.8. The second-order valence-corrected chi connectivity index (χ2v) is 8.39. The Morgan fingerprint density at radius 1 is 1.10 bits per heavy atom. The number of rotatable bonds is 2. The maximum atomic E-state index is 11.2. The zero-order chi connectivity index (χ0) is 14.0. The van der Waals surface area contributed by atoms with Crippen molar-refractivity contribution >= 4 is 0 Å². The summed E-state index contributed by atoms with van der Waals surface area (Å²) in [6.07, 6.45) is 7.75. The number of hydrogen-bond donors (Lipinski definition) is 1. The van der Waals surface area contributed by atoms with Crippen LogP contribution in [0.5, 0.6) is 0 Å². The number of aliphatic hydroxyl groups excluding tert-OH is 1. The van der Waals surface area contributed by atoms with E-state index in [1.165, 1.54) is 49.7 Å². The fourth-order valence-corrected chi connectivity index (χ4v) is 6.34. The first-order valence-electron chi connectivity index (χ1n) is 8.23. The van der Waals surface area contributed by atoms with Gasteiger partial charge in [-0.25, -0.2) is 0 Å². The largest absolute Gasteiger partial charge is 0.388 e. The summed E-state index contributed by atoms with van der Waals surface area (Å²) in [7, 11) is 0. The molecule has 5 rings (SSSR count). The lowest BCUT2D eigenvalue weighted by Crippen LogP contribution is -2.53. The second-order valence-electron chi connectivity index (χ2n) is 8.39. The van der Waals surface area contributed by atoms with Crippen LogP contribution in [0.15, 0.2) is 24.3 Å². The van der Waals surface area contributed by atoms with Crippen molar-refractivity contribution in [1.29, 1.82) is 0 Å². The third kappa shape index (κ3) is 1.79. The van der Waals surface area contributed by atoms with E-state index >= 15 is 0 Å². The van der Waals surface area contributed by atoms with E-state index in [1.807, 2.05) is 0 Å². The van der Waals surface area contributed by atoms with Crippen LogP contribution < -0.4 is 0 Å². The first kappa shape index (κ1) is 12.9. The molecule has 0 amide bonds. The number of aryl methyl sites for hydroxylation is 1. The van der Waals surface area contributed by atoms with E-state index in [2.05, 4.69) is 38.1 Å². The fourth-order valence-electron chi connectivity index (χ4n) is 6.34. The first-order valence-corrected chi connectivity index (χ1v) is 8.23. The van der Waals surface area contributed by atoms with Crippen LogP contribution in [0, 0.1) is 29.6 Å². The molecule has 4 aliphatic carbocycles. The van der Waals surface area contributed by atoms with Gasteiger partial charge in [-0.3, -0.25) is 0 Å². The summed E-state index contributed by atoms with van der Waals surface area (Å²) in [5.74, 6) is 1.75. The van der Waals surface area contributed by atoms with Crippen molar-refractivity contribution in [3.63, 3.8) is 0 Å². The van der Waals surface area contributed by atoms with Gasteiger partial charge in [0.2, 0.25) is 0 Å². The van der Waals surface area contributed by atoms with Crippen LogP contribution >= 0.6 is 0 Å². The molecule has 1 N–H and O–H groups in total. The van der Waals surface area contributed by atoms with Gasteiger partial charge in [0.15, 0.2) is 0 Å². The van der Waals surface area contributed by atoms with Crippen LogP contribution in [0.25, 0.3) is 0 Å². The molecular weight excluding hydrogens is 244 g/mol. The predicted molar refractivity (Wildman–Crippen MR) is 81.4 cm³/mol. The summed E-state index contributed by atoms with van der Waals surface area (Å²) in [4.78, 5) is 0. The van der Waals surface area contributed by atoms with Crippen LogP contribution in [-0.2, 0) is 0 Å². The Kier molecular flexibility index (Phi) is 2.64. The number of hydrogen-bond acceptors (Lipinski definition) is 1. The van der Waals surface area contributed by atoms with Gasteiger partial charge in [-0.1, -0.05) is 31.2 Å². The molecule has 3 unspecified atom stereocenters. The van der Waals surface area contributed by atoms with Crippen molar-refractivity contribution in [3.8, 4) is 0 Å². The summed E-state index contributed by atoms with van der Waals surface area (Å²) in [6, 6.07) is 8.43. The monoisotopic (exact) mass is 270 g/mol. The lowest BCUT2D eigenvalue weighted by molar-refractivity contribution is -0.155. The quantitative estimate of drug-likeness (QED) is 0.830. The zero-order valence-electron chi connectivity index (χ0n) is 12.7. The van der Waals surface area contributed by atoms with Crippen LogP contribution in [0.1, 0.15) is 62.7 Å². The van der Waals surface area contributed by atoms with Gasteiger partial charge in [0.05, 0.1) is 6.10 Å². The summed E-state index contributed by atoms with van der Waals surface area (Å²) >= 11 is 0. The van der Waals surface area contributed by atoms with Crippen molar-refractivity contribution in [1.82, 2.24) is 0 Å². The highest BCUT2D eigenvalue weighted by atomic mass is 16.3. The molecule has 0 radical (unpaired) electrons. The highest BCUT2D eigenvalue weighted by molar-refractivity contribution is 5.30. The zero-order valence-corrected chi connectivity index (χ0v) is 12.7. The van der Waals surface area contributed by atoms with E-state index in [1.54, 1.807) is 0 Å². The maximum absolute atomic E-state index is 11.2. The molecule has 4 saturated carbocycles.